The number of carbonyl (C=O) groups is 3. The van der Waals surface area contributed by atoms with Gasteiger partial charge >= 0.3 is 12.2 Å². The van der Waals surface area contributed by atoms with Gasteiger partial charge in [-0.25, -0.2) is 9.59 Å². The summed E-state index contributed by atoms with van der Waals surface area (Å²) < 4.78 is 5.24. The quantitative estimate of drug-likeness (QED) is 0.834. The fourth-order valence-corrected chi connectivity index (χ4v) is 2.44. The van der Waals surface area contributed by atoms with Crippen LogP contribution in [0.5, 0.6) is 0 Å². The zero-order chi connectivity index (χ0) is 20.0. The van der Waals surface area contributed by atoms with Crippen LogP contribution in [0.1, 0.15) is 26.3 Å². The Bertz CT molecular complexity index is 742. The van der Waals surface area contributed by atoms with Gasteiger partial charge < -0.3 is 14.7 Å². The maximum Gasteiger partial charge on any atom is 0.412 e. The van der Waals surface area contributed by atoms with Gasteiger partial charge in [-0.05, 0) is 26.8 Å². The second-order valence-corrected chi connectivity index (χ2v) is 7.04. The highest BCUT2D eigenvalue weighted by atomic mass is 16.6. The second-order valence-electron chi connectivity index (χ2n) is 7.04. The van der Waals surface area contributed by atoms with Crippen LogP contribution in [-0.4, -0.2) is 69.8 Å². The molecule has 2 N–H and O–H groups in total. The van der Waals surface area contributed by atoms with Crippen molar-refractivity contribution in [1.82, 2.24) is 14.8 Å². The molecule has 27 heavy (non-hydrogen) atoms. The molecule has 1 aliphatic heterocycles. The Labute approximate surface area is 157 Å². The number of piperazine rings is 1. The largest absolute Gasteiger partial charge is 0.465 e. The van der Waals surface area contributed by atoms with Gasteiger partial charge in [-0.2, -0.15) is 0 Å². The Morgan fingerprint density at radius 2 is 2.11 bits per heavy atom. The van der Waals surface area contributed by atoms with E-state index >= 15 is 0 Å². The van der Waals surface area contributed by atoms with E-state index in [1.54, 1.807) is 56.3 Å². The number of pyridine rings is 1. The maximum atomic E-state index is 12.0. The third-order valence-electron chi connectivity index (χ3n) is 3.70. The Hall–Kier alpha value is -3.10. The summed E-state index contributed by atoms with van der Waals surface area (Å²) in [7, 11) is 0. The highest BCUT2D eigenvalue weighted by molar-refractivity contribution is 5.88. The monoisotopic (exact) mass is 376 g/mol. The minimum absolute atomic E-state index is 0.137. The van der Waals surface area contributed by atoms with E-state index in [0.717, 1.165) is 4.90 Å². The number of nitrogens with zero attached hydrogens (tertiary/aromatic N) is 3. The van der Waals surface area contributed by atoms with Crippen molar-refractivity contribution in [2.45, 2.75) is 26.4 Å². The van der Waals surface area contributed by atoms with Crippen LogP contribution in [0.3, 0.4) is 0 Å². The number of nitrogens with one attached hydrogen (secondary N) is 1. The molecule has 9 nitrogen and oxygen atoms in total. The molecule has 3 amide bonds. The second kappa shape index (κ2) is 8.52. The minimum Gasteiger partial charge on any atom is -0.465 e. The van der Waals surface area contributed by atoms with Gasteiger partial charge in [-0.3, -0.25) is 20.0 Å². The van der Waals surface area contributed by atoms with Crippen LogP contribution in [-0.2, 0) is 9.53 Å². The fraction of sp³-hybridized carbons (Fsp3) is 0.444. The number of hydrogen-bond acceptors (Lipinski definition) is 5. The number of anilines is 1. The molecular weight excluding hydrogens is 352 g/mol. The van der Waals surface area contributed by atoms with E-state index in [9.17, 15) is 14.4 Å². The average molecular weight is 376 g/mol. The van der Waals surface area contributed by atoms with Crippen molar-refractivity contribution in [3.05, 3.63) is 30.1 Å². The first kappa shape index (κ1) is 20.2. The molecule has 0 radical (unpaired) electrons. The Kier molecular flexibility index (Phi) is 6.38. The summed E-state index contributed by atoms with van der Waals surface area (Å²) >= 11 is 0. The zero-order valence-electron chi connectivity index (χ0n) is 15.6. The van der Waals surface area contributed by atoms with Crippen molar-refractivity contribution < 1.29 is 24.2 Å². The van der Waals surface area contributed by atoms with Crippen molar-refractivity contribution in [1.29, 1.82) is 0 Å². The van der Waals surface area contributed by atoms with Crippen molar-refractivity contribution in [2.24, 2.45) is 0 Å². The Morgan fingerprint density at radius 1 is 1.37 bits per heavy atom. The summed E-state index contributed by atoms with van der Waals surface area (Å²) in [5, 5.41) is 11.6. The topological polar surface area (TPSA) is 112 Å². The number of amides is 3. The zero-order valence-corrected chi connectivity index (χ0v) is 15.6. The highest BCUT2D eigenvalue weighted by Crippen LogP contribution is 2.17. The standard InChI is InChI=1S/C18H24N4O5/c1-18(2,3)27-16(24)20-14-6-7-19-11-13(14)5-4-8-21-9-10-22(17(25)26)12-15(21)23/h4-7,11H,8-10,12H2,1-3H3,(H,25,26)(H,19,20,24). The predicted octanol–water partition coefficient (Wildman–Crippen LogP) is 2.26. The van der Waals surface area contributed by atoms with Crippen molar-refractivity contribution in [2.75, 3.05) is 31.5 Å². The molecule has 0 atom stereocenters. The molecule has 146 valence electrons. The lowest BCUT2D eigenvalue weighted by Crippen LogP contribution is -2.51. The van der Waals surface area contributed by atoms with Gasteiger partial charge in [0.25, 0.3) is 0 Å². The number of ether oxygens (including phenoxy) is 1. The molecule has 0 saturated carbocycles. The molecule has 9 heteroatoms. The molecule has 1 fully saturated rings. The normalized spacial score (nSPS) is 15.1. The van der Waals surface area contributed by atoms with Crippen LogP contribution < -0.4 is 5.32 Å². The summed E-state index contributed by atoms with van der Waals surface area (Å²) in [5.74, 6) is -0.244. The van der Waals surface area contributed by atoms with Crippen molar-refractivity contribution in [3.63, 3.8) is 0 Å². The van der Waals surface area contributed by atoms with E-state index in [1.165, 1.54) is 0 Å². The van der Waals surface area contributed by atoms with Crippen LogP contribution in [0, 0.1) is 0 Å². The van der Waals surface area contributed by atoms with E-state index in [0.29, 0.717) is 24.3 Å². The Morgan fingerprint density at radius 3 is 2.74 bits per heavy atom. The highest BCUT2D eigenvalue weighted by Gasteiger charge is 2.25. The summed E-state index contributed by atoms with van der Waals surface area (Å²) in [6.45, 7) is 6.16. The molecule has 1 saturated heterocycles. The molecule has 1 aromatic rings. The number of hydrogen-bond donors (Lipinski definition) is 2. The molecule has 0 aliphatic carbocycles. The van der Waals surface area contributed by atoms with Crippen LogP contribution in [0.4, 0.5) is 15.3 Å². The molecule has 0 unspecified atom stereocenters. The van der Waals surface area contributed by atoms with E-state index in [-0.39, 0.29) is 19.0 Å². The van der Waals surface area contributed by atoms with Gasteiger partial charge in [0.15, 0.2) is 0 Å². The molecule has 1 aliphatic rings. The van der Waals surface area contributed by atoms with E-state index < -0.39 is 17.8 Å². The molecule has 1 aromatic heterocycles. The lowest BCUT2D eigenvalue weighted by atomic mass is 10.2. The summed E-state index contributed by atoms with van der Waals surface area (Å²) in [5.41, 5.74) is 0.600. The number of carbonyl (C=O) groups excluding carboxylic acids is 2. The van der Waals surface area contributed by atoms with Gasteiger partial charge in [-0.1, -0.05) is 12.2 Å². The summed E-state index contributed by atoms with van der Waals surface area (Å²) in [6, 6.07) is 1.65. The predicted molar refractivity (Wildman–Crippen MR) is 99.3 cm³/mol. The number of aromatic nitrogens is 1. The van der Waals surface area contributed by atoms with Crippen molar-refractivity contribution in [3.8, 4) is 0 Å². The average Bonchev–Trinajstić information content (AvgIpc) is 2.56. The van der Waals surface area contributed by atoms with Crippen molar-refractivity contribution >= 4 is 29.9 Å². The molecule has 0 spiro atoms. The lowest BCUT2D eigenvalue weighted by molar-refractivity contribution is -0.134. The molecule has 2 rings (SSSR count). The van der Waals surface area contributed by atoms with E-state index in [1.807, 2.05) is 0 Å². The van der Waals surface area contributed by atoms with Crippen LogP contribution in [0.2, 0.25) is 0 Å². The first-order chi connectivity index (χ1) is 12.7. The van der Waals surface area contributed by atoms with Gasteiger partial charge in [0.2, 0.25) is 5.91 Å². The summed E-state index contributed by atoms with van der Waals surface area (Å²) in [4.78, 5) is 41.6. The number of carboxylic acid groups (broad SMARTS) is 1. The first-order valence-electron chi connectivity index (χ1n) is 8.52. The van der Waals surface area contributed by atoms with Gasteiger partial charge in [0.1, 0.15) is 12.1 Å². The molecule has 0 aromatic carbocycles. The minimum atomic E-state index is -1.09. The van der Waals surface area contributed by atoms with E-state index in [4.69, 9.17) is 9.84 Å². The molecular formula is C18H24N4O5. The first-order valence-corrected chi connectivity index (χ1v) is 8.52. The molecule has 0 bridgehead atoms. The molecule has 2 heterocycles. The maximum absolute atomic E-state index is 12.0. The van der Waals surface area contributed by atoms with Gasteiger partial charge in [0.05, 0.1) is 5.69 Å². The van der Waals surface area contributed by atoms with Crippen LogP contribution in [0.25, 0.3) is 6.08 Å². The number of rotatable bonds is 4. The third kappa shape index (κ3) is 6.28. The van der Waals surface area contributed by atoms with E-state index in [2.05, 4.69) is 10.3 Å². The van der Waals surface area contributed by atoms with Crippen LogP contribution >= 0.6 is 0 Å². The lowest BCUT2D eigenvalue weighted by Gasteiger charge is -2.32. The smallest absolute Gasteiger partial charge is 0.412 e. The van der Waals surface area contributed by atoms with Crippen LogP contribution in [0.15, 0.2) is 24.5 Å². The Balaban J connectivity index is 1.96. The fourth-order valence-electron chi connectivity index (χ4n) is 2.44. The van der Waals surface area contributed by atoms with Gasteiger partial charge in [0, 0.05) is 37.6 Å². The SMILES string of the molecule is CC(C)(C)OC(=O)Nc1ccncc1C=CCN1CCN(C(=O)O)CC1=O. The third-order valence-corrected chi connectivity index (χ3v) is 3.70. The summed E-state index contributed by atoms with van der Waals surface area (Å²) in [6.07, 6.45) is 5.00. The van der Waals surface area contributed by atoms with Gasteiger partial charge in [-0.15, -0.1) is 0 Å².